The van der Waals surface area contributed by atoms with E-state index in [4.69, 9.17) is 59.5 Å². The SMILES string of the molecule is N#CC1=C(N)Oc2cc3c(cc2[C@@H]1c1ccc(OCc2ccc(Cl)c(Cl)c2)c(Cl)c1)OCO3. The third-order valence-corrected chi connectivity index (χ3v) is 6.41. The van der Waals surface area contributed by atoms with Crippen LogP contribution in [-0.2, 0) is 6.61 Å². The molecule has 0 aromatic heterocycles. The van der Waals surface area contributed by atoms with E-state index in [1.807, 2.05) is 12.1 Å². The molecule has 3 aromatic carbocycles. The molecule has 0 radical (unpaired) electrons. The van der Waals surface area contributed by atoms with Gasteiger partial charge in [-0.05, 0) is 41.5 Å². The minimum Gasteiger partial charge on any atom is -0.487 e. The summed E-state index contributed by atoms with van der Waals surface area (Å²) in [5, 5.41) is 11.1. The molecule has 0 unspecified atom stereocenters. The molecule has 9 heteroatoms. The predicted molar refractivity (Wildman–Crippen MR) is 124 cm³/mol. The van der Waals surface area contributed by atoms with Crippen molar-refractivity contribution < 1.29 is 18.9 Å². The Hall–Kier alpha value is -3.24. The summed E-state index contributed by atoms with van der Waals surface area (Å²) in [4.78, 5) is 0. The predicted octanol–water partition coefficient (Wildman–Crippen LogP) is 6.17. The van der Waals surface area contributed by atoms with Crippen molar-refractivity contribution >= 4 is 34.8 Å². The molecule has 2 heterocycles. The third-order valence-electron chi connectivity index (χ3n) is 5.38. The normalized spacial score (nSPS) is 16.1. The number of rotatable bonds is 4. The quantitative estimate of drug-likeness (QED) is 0.460. The van der Waals surface area contributed by atoms with E-state index in [1.165, 1.54) is 0 Å². The summed E-state index contributed by atoms with van der Waals surface area (Å²) >= 11 is 18.6. The van der Waals surface area contributed by atoms with Gasteiger partial charge in [0.2, 0.25) is 12.7 Å². The van der Waals surface area contributed by atoms with Crippen molar-refractivity contribution in [1.29, 1.82) is 5.26 Å². The van der Waals surface area contributed by atoms with Crippen molar-refractivity contribution in [1.82, 2.24) is 0 Å². The molecule has 2 aliphatic rings. The number of nitrogens with zero attached hydrogens (tertiary/aromatic N) is 1. The van der Waals surface area contributed by atoms with Crippen LogP contribution in [0.3, 0.4) is 0 Å². The van der Waals surface area contributed by atoms with E-state index in [1.54, 1.807) is 36.4 Å². The zero-order chi connectivity index (χ0) is 23.1. The van der Waals surface area contributed by atoms with E-state index in [2.05, 4.69) is 6.07 Å². The maximum atomic E-state index is 9.79. The molecule has 0 fully saturated rings. The Morgan fingerprint density at radius 1 is 0.939 bits per heavy atom. The molecule has 0 saturated carbocycles. The molecule has 6 nitrogen and oxygen atoms in total. The number of hydrogen-bond donors (Lipinski definition) is 1. The monoisotopic (exact) mass is 500 g/mol. The Bertz CT molecular complexity index is 1350. The van der Waals surface area contributed by atoms with E-state index in [0.717, 1.165) is 16.7 Å². The van der Waals surface area contributed by atoms with Crippen molar-refractivity contribution in [3.05, 3.63) is 91.7 Å². The fraction of sp³-hybridized carbons (Fsp3) is 0.125. The summed E-state index contributed by atoms with van der Waals surface area (Å²) in [6.07, 6.45) is 0. The first-order chi connectivity index (χ1) is 15.9. The van der Waals surface area contributed by atoms with Crippen LogP contribution in [0, 0.1) is 11.3 Å². The number of nitriles is 1. The largest absolute Gasteiger partial charge is 0.487 e. The lowest BCUT2D eigenvalue weighted by molar-refractivity contribution is 0.174. The van der Waals surface area contributed by atoms with Gasteiger partial charge in [-0.25, -0.2) is 0 Å². The molecule has 0 saturated heterocycles. The maximum absolute atomic E-state index is 9.79. The molecule has 0 bridgehead atoms. The van der Waals surface area contributed by atoms with Gasteiger partial charge < -0.3 is 24.7 Å². The van der Waals surface area contributed by atoms with Crippen LogP contribution < -0.4 is 24.7 Å². The zero-order valence-corrected chi connectivity index (χ0v) is 19.2. The van der Waals surface area contributed by atoms with Crippen LogP contribution in [-0.4, -0.2) is 6.79 Å². The lowest BCUT2D eigenvalue weighted by Crippen LogP contribution is -2.21. The minimum atomic E-state index is -0.491. The van der Waals surface area contributed by atoms with Crippen molar-refractivity contribution in [2.45, 2.75) is 12.5 Å². The van der Waals surface area contributed by atoms with Gasteiger partial charge >= 0.3 is 0 Å². The van der Waals surface area contributed by atoms with Crippen molar-refractivity contribution in [2.24, 2.45) is 5.73 Å². The summed E-state index contributed by atoms with van der Waals surface area (Å²) in [6.45, 7) is 0.378. The van der Waals surface area contributed by atoms with E-state index in [0.29, 0.717) is 38.1 Å². The Labute approximate surface area is 204 Å². The molecular weight excluding hydrogens is 487 g/mol. The Morgan fingerprint density at radius 2 is 1.73 bits per heavy atom. The zero-order valence-electron chi connectivity index (χ0n) is 16.9. The van der Waals surface area contributed by atoms with E-state index in [-0.39, 0.29) is 24.9 Å². The average molecular weight is 502 g/mol. The van der Waals surface area contributed by atoms with Gasteiger partial charge in [-0.1, -0.05) is 46.9 Å². The first-order valence-electron chi connectivity index (χ1n) is 9.82. The highest BCUT2D eigenvalue weighted by atomic mass is 35.5. The maximum Gasteiger partial charge on any atom is 0.231 e. The average Bonchev–Trinajstić information content (AvgIpc) is 3.25. The van der Waals surface area contributed by atoms with Gasteiger partial charge in [-0.15, -0.1) is 0 Å². The summed E-state index contributed by atoms with van der Waals surface area (Å²) in [6, 6.07) is 16.3. The summed E-state index contributed by atoms with van der Waals surface area (Å²) in [5.74, 6) is 1.66. The molecule has 2 N–H and O–H groups in total. The molecule has 1 atom stereocenters. The molecular formula is C24H15Cl3N2O4. The van der Waals surface area contributed by atoms with Gasteiger partial charge in [0.25, 0.3) is 0 Å². The highest BCUT2D eigenvalue weighted by Crippen LogP contribution is 2.48. The van der Waals surface area contributed by atoms with Crippen LogP contribution in [0.4, 0.5) is 0 Å². The molecule has 3 aromatic rings. The van der Waals surface area contributed by atoms with Gasteiger partial charge in [0.15, 0.2) is 11.5 Å². The second-order valence-electron chi connectivity index (χ2n) is 7.40. The van der Waals surface area contributed by atoms with Crippen molar-refractivity contribution in [3.8, 4) is 29.1 Å². The van der Waals surface area contributed by atoms with Gasteiger partial charge in [-0.2, -0.15) is 5.26 Å². The number of ether oxygens (including phenoxy) is 4. The molecule has 2 aliphatic heterocycles. The number of benzene rings is 3. The highest BCUT2D eigenvalue weighted by molar-refractivity contribution is 6.42. The molecule has 5 rings (SSSR count). The molecule has 33 heavy (non-hydrogen) atoms. The minimum absolute atomic E-state index is 0.0323. The lowest BCUT2D eigenvalue weighted by Gasteiger charge is -2.27. The van der Waals surface area contributed by atoms with Gasteiger partial charge in [0, 0.05) is 11.6 Å². The number of fused-ring (bicyclic) bond motifs is 2. The molecule has 0 amide bonds. The van der Waals surface area contributed by atoms with Gasteiger partial charge in [0.1, 0.15) is 29.7 Å². The van der Waals surface area contributed by atoms with Gasteiger partial charge in [0.05, 0.1) is 21.0 Å². The second-order valence-corrected chi connectivity index (χ2v) is 8.62. The highest BCUT2D eigenvalue weighted by Gasteiger charge is 2.33. The third kappa shape index (κ3) is 4.00. The standard InChI is InChI=1S/C24H15Cl3N2O4/c25-16-3-1-12(5-17(16)26)10-30-19-4-2-13(6-18(19)27)23-14-7-21-22(32-11-31-21)8-20(14)33-24(29)15(23)9-28/h1-8,23H,10-11,29H2/t23-/m0/s1. The number of nitrogens with two attached hydrogens (primary N) is 1. The van der Waals surface area contributed by atoms with Crippen LogP contribution in [0.25, 0.3) is 0 Å². The van der Waals surface area contributed by atoms with E-state index in [9.17, 15) is 5.26 Å². The fourth-order valence-electron chi connectivity index (χ4n) is 3.79. The van der Waals surface area contributed by atoms with Crippen LogP contribution in [0.1, 0.15) is 22.6 Å². The number of allylic oxidation sites excluding steroid dienone is 1. The fourth-order valence-corrected chi connectivity index (χ4v) is 4.36. The first kappa shape index (κ1) is 21.6. The van der Waals surface area contributed by atoms with Gasteiger partial charge in [-0.3, -0.25) is 0 Å². The van der Waals surface area contributed by atoms with Crippen LogP contribution >= 0.6 is 34.8 Å². The van der Waals surface area contributed by atoms with E-state index < -0.39 is 5.92 Å². The Morgan fingerprint density at radius 3 is 2.45 bits per heavy atom. The summed E-state index contributed by atoms with van der Waals surface area (Å²) in [7, 11) is 0. The van der Waals surface area contributed by atoms with Crippen LogP contribution in [0.2, 0.25) is 15.1 Å². The number of halogens is 3. The molecule has 0 aliphatic carbocycles. The van der Waals surface area contributed by atoms with E-state index >= 15 is 0 Å². The number of hydrogen-bond acceptors (Lipinski definition) is 6. The Balaban J connectivity index is 1.47. The molecule has 0 spiro atoms. The second kappa shape index (κ2) is 8.60. The first-order valence-corrected chi connectivity index (χ1v) is 11.0. The van der Waals surface area contributed by atoms with Crippen molar-refractivity contribution in [3.63, 3.8) is 0 Å². The smallest absolute Gasteiger partial charge is 0.231 e. The molecule has 166 valence electrons. The summed E-state index contributed by atoms with van der Waals surface area (Å²) in [5.41, 5.74) is 8.68. The lowest BCUT2D eigenvalue weighted by atomic mass is 9.83. The topological polar surface area (TPSA) is 86.7 Å². The van der Waals surface area contributed by atoms with Crippen LogP contribution in [0.5, 0.6) is 23.0 Å². The Kier molecular flexibility index (Phi) is 5.63. The summed E-state index contributed by atoms with van der Waals surface area (Å²) < 4.78 is 22.5. The van der Waals surface area contributed by atoms with Crippen molar-refractivity contribution in [2.75, 3.05) is 6.79 Å². The van der Waals surface area contributed by atoms with Crippen LogP contribution in [0.15, 0.2) is 60.0 Å².